The van der Waals surface area contributed by atoms with E-state index in [4.69, 9.17) is 0 Å². The van der Waals surface area contributed by atoms with Gasteiger partial charge >= 0.3 is 0 Å². The fourth-order valence-electron chi connectivity index (χ4n) is 4.47. The van der Waals surface area contributed by atoms with Crippen molar-refractivity contribution in [2.75, 3.05) is 56.6 Å². The van der Waals surface area contributed by atoms with Gasteiger partial charge in [-0.15, -0.1) is 0 Å². The number of aryl methyl sites for hydroxylation is 1. The van der Waals surface area contributed by atoms with Crippen molar-refractivity contribution in [2.45, 2.75) is 13.5 Å². The lowest BCUT2D eigenvalue weighted by Crippen LogP contribution is -2.47. The molecule has 0 bridgehead atoms. The number of para-hydroxylation sites is 2. The first-order chi connectivity index (χ1) is 15.0. The molecule has 0 N–H and O–H groups in total. The summed E-state index contributed by atoms with van der Waals surface area (Å²) in [5, 5.41) is 9.82. The minimum absolute atomic E-state index is 0.114. The third kappa shape index (κ3) is 4.20. The first-order valence-electron chi connectivity index (χ1n) is 10.7. The first kappa shape index (κ1) is 21.1. The van der Waals surface area contributed by atoms with Crippen LogP contribution in [0.1, 0.15) is 11.1 Å². The van der Waals surface area contributed by atoms with E-state index in [2.05, 4.69) is 47.1 Å². The molecule has 6 nitrogen and oxygen atoms in total. The van der Waals surface area contributed by atoms with Crippen molar-refractivity contribution in [3.05, 3.63) is 71.1 Å². The molecule has 2 aliphatic heterocycles. The zero-order valence-corrected chi connectivity index (χ0v) is 18.5. The molecule has 0 aliphatic carbocycles. The van der Waals surface area contributed by atoms with E-state index >= 15 is 0 Å². The van der Waals surface area contributed by atoms with Crippen LogP contribution in [0.5, 0.6) is 0 Å². The number of nitriles is 1. The molecule has 0 amide bonds. The lowest BCUT2D eigenvalue weighted by molar-refractivity contribution is -0.116. The second-order valence-electron chi connectivity index (χ2n) is 8.32. The Labute approximate surface area is 184 Å². The number of fused-ring (bicyclic) bond motifs is 1. The highest BCUT2D eigenvalue weighted by Gasteiger charge is 2.32. The minimum atomic E-state index is -0.114. The summed E-state index contributed by atoms with van der Waals surface area (Å²) in [6, 6.07) is 18.6. The Kier molecular flexibility index (Phi) is 6.08. The van der Waals surface area contributed by atoms with Crippen LogP contribution >= 0.6 is 0 Å². The van der Waals surface area contributed by atoms with E-state index in [9.17, 15) is 10.1 Å². The van der Waals surface area contributed by atoms with Gasteiger partial charge in [-0.1, -0.05) is 36.4 Å². The zero-order valence-electron chi connectivity index (χ0n) is 18.5. The molecule has 0 radical (unpaired) electrons. The lowest BCUT2D eigenvalue weighted by atomic mass is 10.1. The molecule has 2 aliphatic rings. The van der Waals surface area contributed by atoms with Gasteiger partial charge in [-0.3, -0.25) is 14.6 Å². The van der Waals surface area contributed by atoms with Crippen LogP contribution in [0.15, 0.2) is 59.9 Å². The van der Waals surface area contributed by atoms with E-state index in [1.165, 1.54) is 11.1 Å². The van der Waals surface area contributed by atoms with Crippen molar-refractivity contribution >= 4 is 17.2 Å². The summed E-state index contributed by atoms with van der Waals surface area (Å²) < 4.78 is 0. The fraction of sp³-hybridized carbons (Fsp3) is 0.360. The molecule has 1 fully saturated rings. The highest BCUT2D eigenvalue weighted by atomic mass is 16.1. The fourth-order valence-corrected chi connectivity index (χ4v) is 4.47. The second kappa shape index (κ2) is 8.93. The third-order valence-corrected chi connectivity index (χ3v) is 6.34. The van der Waals surface area contributed by atoms with Crippen LogP contribution in [0.4, 0.5) is 11.4 Å². The third-order valence-electron chi connectivity index (χ3n) is 6.34. The van der Waals surface area contributed by atoms with Gasteiger partial charge in [0.25, 0.3) is 0 Å². The van der Waals surface area contributed by atoms with Crippen molar-refractivity contribution in [3.63, 3.8) is 0 Å². The molecule has 6 heteroatoms. The molecule has 0 spiro atoms. The average Bonchev–Trinajstić information content (AvgIpc) is 3.03. The van der Waals surface area contributed by atoms with Crippen molar-refractivity contribution < 1.29 is 4.79 Å². The van der Waals surface area contributed by atoms with Gasteiger partial charge in [0.15, 0.2) is 5.78 Å². The van der Waals surface area contributed by atoms with Gasteiger partial charge in [-0.05, 0) is 30.2 Å². The van der Waals surface area contributed by atoms with Gasteiger partial charge in [0, 0.05) is 46.8 Å². The van der Waals surface area contributed by atoms with Crippen molar-refractivity contribution in [3.8, 4) is 6.07 Å². The Balaban J connectivity index is 1.40. The summed E-state index contributed by atoms with van der Waals surface area (Å²) in [7, 11) is 3.82. The highest BCUT2D eigenvalue weighted by molar-refractivity contribution is 6.03. The van der Waals surface area contributed by atoms with Crippen LogP contribution in [0.3, 0.4) is 0 Å². The summed E-state index contributed by atoms with van der Waals surface area (Å²) in [6.45, 7) is 6.88. The lowest BCUT2D eigenvalue weighted by Gasteiger charge is -2.34. The van der Waals surface area contributed by atoms with Gasteiger partial charge < -0.3 is 9.80 Å². The zero-order chi connectivity index (χ0) is 22.0. The Morgan fingerprint density at radius 3 is 2.03 bits per heavy atom. The number of nitrogens with zero attached hydrogens (tertiary/aromatic N) is 5. The van der Waals surface area contributed by atoms with E-state index in [0.717, 1.165) is 44.1 Å². The number of carbonyl (C=O) groups excluding carboxylic acids is 1. The van der Waals surface area contributed by atoms with Crippen LogP contribution in [-0.4, -0.2) is 62.4 Å². The number of ketones is 1. The maximum atomic E-state index is 13.1. The SMILES string of the molecule is Cc1ccccc1CN1CCN(CC(=O)C(C#N)=C2N(C)c3ccccc3N2C)CC1. The topological polar surface area (TPSA) is 53.8 Å². The van der Waals surface area contributed by atoms with Crippen LogP contribution in [0, 0.1) is 18.3 Å². The largest absolute Gasteiger partial charge is 0.328 e. The van der Waals surface area contributed by atoms with Crippen LogP contribution in [-0.2, 0) is 11.3 Å². The number of piperazine rings is 1. The number of rotatable bonds is 5. The summed E-state index contributed by atoms with van der Waals surface area (Å²) in [5.41, 5.74) is 4.91. The van der Waals surface area contributed by atoms with Gasteiger partial charge in [0.05, 0.1) is 17.9 Å². The van der Waals surface area contributed by atoms with E-state index < -0.39 is 0 Å². The van der Waals surface area contributed by atoms with Gasteiger partial charge in [-0.25, -0.2) is 0 Å². The molecule has 0 aromatic heterocycles. The molecule has 4 rings (SSSR count). The van der Waals surface area contributed by atoms with Crippen LogP contribution in [0.25, 0.3) is 0 Å². The van der Waals surface area contributed by atoms with E-state index in [-0.39, 0.29) is 17.9 Å². The number of hydrogen-bond donors (Lipinski definition) is 0. The number of Topliss-reactive ketones (excluding diaryl/α,β-unsaturated/α-hetero) is 1. The van der Waals surface area contributed by atoms with Gasteiger partial charge in [0.2, 0.25) is 0 Å². The molecule has 160 valence electrons. The minimum Gasteiger partial charge on any atom is -0.328 e. The van der Waals surface area contributed by atoms with E-state index in [1.54, 1.807) is 0 Å². The number of carbonyl (C=O) groups is 1. The van der Waals surface area contributed by atoms with Crippen molar-refractivity contribution in [1.82, 2.24) is 9.80 Å². The maximum absolute atomic E-state index is 13.1. The van der Waals surface area contributed by atoms with E-state index in [1.807, 2.05) is 48.2 Å². The summed E-state index contributed by atoms with van der Waals surface area (Å²) in [6.07, 6.45) is 0. The second-order valence-corrected chi connectivity index (χ2v) is 8.32. The predicted octanol–water partition coefficient (Wildman–Crippen LogP) is 3.00. The molecular weight excluding hydrogens is 386 g/mol. The number of anilines is 2. The average molecular weight is 416 g/mol. The number of benzene rings is 2. The standard InChI is InChI=1S/C25H29N5O/c1-19-8-4-5-9-20(19)17-29-12-14-30(15-13-29)18-24(31)21(16-26)25-27(2)22-10-6-7-11-23(22)28(25)3/h4-11H,12-15,17-18H2,1-3H3. The molecule has 31 heavy (non-hydrogen) atoms. The Hall–Kier alpha value is -3.14. The summed E-state index contributed by atoms with van der Waals surface area (Å²) >= 11 is 0. The van der Waals surface area contributed by atoms with Gasteiger partial charge in [-0.2, -0.15) is 5.26 Å². The van der Waals surface area contributed by atoms with E-state index in [0.29, 0.717) is 5.82 Å². The summed E-state index contributed by atoms with van der Waals surface area (Å²) in [4.78, 5) is 21.6. The highest BCUT2D eigenvalue weighted by Crippen LogP contribution is 2.40. The summed E-state index contributed by atoms with van der Waals surface area (Å²) in [5.74, 6) is 0.545. The monoisotopic (exact) mass is 415 g/mol. The quantitative estimate of drug-likeness (QED) is 0.553. The van der Waals surface area contributed by atoms with Crippen LogP contribution < -0.4 is 9.80 Å². The molecule has 2 heterocycles. The molecule has 0 saturated carbocycles. The van der Waals surface area contributed by atoms with Crippen molar-refractivity contribution in [1.29, 1.82) is 5.26 Å². The Morgan fingerprint density at radius 2 is 1.45 bits per heavy atom. The maximum Gasteiger partial charge on any atom is 0.191 e. The van der Waals surface area contributed by atoms with Gasteiger partial charge in [0.1, 0.15) is 17.5 Å². The molecule has 2 aromatic rings. The predicted molar refractivity (Wildman–Crippen MR) is 124 cm³/mol. The number of hydrogen-bond acceptors (Lipinski definition) is 6. The molecule has 2 aromatic carbocycles. The first-order valence-corrected chi connectivity index (χ1v) is 10.7. The molecular formula is C25H29N5O. The normalized spacial score (nSPS) is 16.9. The molecule has 0 atom stereocenters. The van der Waals surface area contributed by atoms with Crippen LogP contribution in [0.2, 0.25) is 0 Å². The smallest absolute Gasteiger partial charge is 0.191 e. The Bertz CT molecular complexity index is 1010. The van der Waals surface area contributed by atoms with Crippen molar-refractivity contribution in [2.24, 2.45) is 0 Å². The molecule has 1 saturated heterocycles. The Morgan fingerprint density at radius 1 is 0.903 bits per heavy atom. The molecule has 0 unspecified atom stereocenters.